The molecule has 1 amide bonds. The van der Waals surface area contributed by atoms with Crippen molar-refractivity contribution in [2.24, 2.45) is 14.1 Å². The van der Waals surface area contributed by atoms with Gasteiger partial charge in [-0.15, -0.1) is 0 Å². The molecule has 0 aliphatic rings. The van der Waals surface area contributed by atoms with Crippen LogP contribution in [0.4, 0.5) is 5.69 Å². The van der Waals surface area contributed by atoms with Crippen LogP contribution in [0.1, 0.15) is 37.0 Å². The van der Waals surface area contributed by atoms with Gasteiger partial charge in [0.05, 0.1) is 16.6 Å². The lowest BCUT2D eigenvalue weighted by Gasteiger charge is -2.17. The number of rotatable bonds is 2. The van der Waals surface area contributed by atoms with Crippen LogP contribution in [0.3, 0.4) is 0 Å². The minimum atomic E-state index is -0.262. The minimum Gasteiger partial charge on any atom is -0.331 e. The van der Waals surface area contributed by atoms with Gasteiger partial charge in [-0.25, -0.2) is 4.98 Å². The molecule has 0 spiro atoms. The summed E-state index contributed by atoms with van der Waals surface area (Å²) in [7, 11) is 3.62. The summed E-state index contributed by atoms with van der Waals surface area (Å²) in [5.74, 6) is 0.728. The second-order valence-electron chi connectivity index (χ2n) is 7.27. The number of hydrogen-bond acceptors (Lipinski definition) is 3. The third-order valence-electron chi connectivity index (χ3n) is 4.16. The van der Waals surface area contributed by atoms with Gasteiger partial charge in [0.15, 0.2) is 0 Å². The SMILES string of the molecule is Cn1cc(C(=O)Nc2ccc3c(c2)nc(C(C)(C)C)n3C)ccc1=O. The van der Waals surface area contributed by atoms with Crippen molar-refractivity contribution in [2.75, 3.05) is 5.32 Å². The minimum absolute atomic E-state index is 0.0635. The van der Waals surface area contributed by atoms with Crippen LogP contribution in [-0.2, 0) is 19.5 Å². The summed E-state index contributed by atoms with van der Waals surface area (Å²) in [6.45, 7) is 6.36. The molecule has 0 aliphatic carbocycles. The number of hydrogen-bond donors (Lipinski definition) is 1. The van der Waals surface area contributed by atoms with Crippen LogP contribution in [0.25, 0.3) is 11.0 Å². The van der Waals surface area contributed by atoms with Crippen molar-refractivity contribution in [3.63, 3.8) is 0 Å². The van der Waals surface area contributed by atoms with Gasteiger partial charge in [-0.05, 0) is 24.3 Å². The molecule has 6 heteroatoms. The van der Waals surface area contributed by atoms with E-state index in [9.17, 15) is 9.59 Å². The van der Waals surface area contributed by atoms with E-state index in [0.717, 1.165) is 16.9 Å². The summed E-state index contributed by atoms with van der Waals surface area (Å²) >= 11 is 0. The number of carbonyl (C=O) groups excluding carboxylic acids is 1. The van der Waals surface area contributed by atoms with E-state index in [1.165, 1.54) is 22.9 Å². The van der Waals surface area contributed by atoms with Crippen molar-refractivity contribution in [3.05, 3.63) is 58.3 Å². The van der Waals surface area contributed by atoms with E-state index in [0.29, 0.717) is 11.3 Å². The topological polar surface area (TPSA) is 68.9 Å². The lowest BCUT2D eigenvalue weighted by Crippen LogP contribution is -2.19. The fourth-order valence-corrected chi connectivity index (χ4v) is 2.88. The van der Waals surface area contributed by atoms with Crippen molar-refractivity contribution in [3.8, 4) is 0 Å². The van der Waals surface area contributed by atoms with E-state index < -0.39 is 0 Å². The molecular weight excluding hydrogens is 316 g/mol. The highest BCUT2D eigenvalue weighted by Gasteiger charge is 2.21. The van der Waals surface area contributed by atoms with Crippen molar-refractivity contribution < 1.29 is 4.79 Å². The first-order valence-electron chi connectivity index (χ1n) is 8.12. The Morgan fingerprint density at radius 2 is 1.84 bits per heavy atom. The standard InChI is InChI=1S/C19H22N4O2/c1-19(2,3)18-21-14-10-13(7-8-15(14)23(18)5)20-17(25)12-6-9-16(24)22(4)11-12/h6-11H,1-5H3,(H,20,25). The zero-order valence-electron chi connectivity index (χ0n) is 15.1. The monoisotopic (exact) mass is 338 g/mol. The molecule has 130 valence electrons. The zero-order chi connectivity index (χ0) is 18.4. The van der Waals surface area contributed by atoms with Crippen molar-refractivity contribution >= 4 is 22.6 Å². The van der Waals surface area contributed by atoms with E-state index in [1.807, 2.05) is 25.2 Å². The lowest BCUT2D eigenvalue weighted by atomic mass is 9.96. The number of imidazole rings is 1. The van der Waals surface area contributed by atoms with E-state index in [2.05, 4.69) is 30.7 Å². The largest absolute Gasteiger partial charge is 0.331 e. The van der Waals surface area contributed by atoms with E-state index in [4.69, 9.17) is 4.98 Å². The molecule has 0 fully saturated rings. The van der Waals surface area contributed by atoms with Crippen molar-refractivity contribution in [2.45, 2.75) is 26.2 Å². The maximum absolute atomic E-state index is 12.4. The molecular formula is C19H22N4O2. The summed E-state index contributed by atoms with van der Waals surface area (Å²) < 4.78 is 3.46. The van der Waals surface area contributed by atoms with Gasteiger partial charge in [-0.2, -0.15) is 0 Å². The number of aromatic nitrogens is 3. The molecule has 3 aromatic rings. The van der Waals surface area contributed by atoms with Gasteiger partial charge in [0.1, 0.15) is 5.82 Å². The Labute approximate surface area is 146 Å². The first-order valence-corrected chi connectivity index (χ1v) is 8.12. The van der Waals surface area contributed by atoms with Gasteiger partial charge in [0.2, 0.25) is 5.56 Å². The fraction of sp³-hybridized carbons (Fsp3) is 0.316. The van der Waals surface area contributed by atoms with Crippen LogP contribution in [0.15, 0.2) is 41.3 Å². The summed E-state index contributed by atoms with van der Waals surface area (Å²) in [4.78, 5) is 28.5. The molecule has 6 nitrogen and oxygen atoms in total. The summed E-state index contributed by atoms with van der Waals surface area (Å²) in [5.41, 5.74) is 2.74. The van der Waals surface area contributed by atoms with Crippen LogP contribution in [-0.4, -0.2) is 20.0 Å². The molecule has 25 heavy (non-hydrogen) atoms. The molecule has 2 heterocycles. The molecule has 0 saturated heterocycles. The second-order valence-corrected chi connectivity index (χ2v) is 7.27. The Hall–Kier alpha value is -2.89. The number of fused-ring (bicyclic) bond motifs is 1. The van der Waals surface area contributed by atoms with Gasteiger partial charge in [0, 0.05) is 37.5 Å². The second kappa shape index (κ2) is 5.88. The first kappa shape index (κ1) is 17.0. The normalized spacial score (nSPS) is 11.7. The smallest absolute Gasteiger partial charge is 0.257 e. The number of nitrogens with one attached hydrogen (secondary N) is 1. The van der Waals surface area contributed by atoms with E-state index in [1.54, 1.807) is 7.05 Å². The number of anilines is 1. The third-order valence-corrected chi connectivity index (χ3v) is 4.16. The van der Waals surface area contributed by atoms with Crippen LogP contribution in [0.5, 0.6) is 0 Å². The number of aryl methyl sites for hydroxylation is 2. The molecule has 0 atom stereocenters. The maximum atomic E-state index is 12.4. The average Bonchev–Trinajstić information content (AvgIpc) is 2.86. The van der Waals surface area contributed by atoms with Gasteiger partial charge in [-0.3, -0.25) is 9.59 Å². The quantitative estimate of drug-likeness (QED) is 0.781. The molecule has 3 rings (SSSR count). The Morgan fingerprint density at radius 3 is 2.48 bits per heavy atom. The zero-order valence-corrected chi connectivity index (χ0v) is 15.1. The van der Waals surface area contributed by atoms with Crippen molar-refractivity contribution in [1.82, 2.24) is 14.1 Å². The van der Waals surface area contributed by atoms with Crippen LogP contribution >= 0.6 is 0 Å². The summed E-state index contributed by atoms with van der Waals surface area (Å²) in [6, 6.07) is 8.58. The highest BCUT2D eigenvalue weighted by atomic mass is 16.2. The van der Waals surface area contributed by atoms with Gasteiger partial charge in [-0.1, -0.05) is 20.8 Å². The van der Waals surface area contributed by atoms with E-state index >= 15 is 0 Å². The molecule has 0 bridgehead atoms. The first-order chi connectivity index (χ1) is 11.7. The third kappa shape index (κ3) is 3.20. The Bertz CT molecular complexity index is 1020. The van der Waals surface area contributed by atoms with Gasteiger partial charge < -0.3 is 14.5 Å². The Morgan fingerprint density at radius 1 is 1.12 bits per heavy atom. The Balaban J connectivity index is 1.93. The molecule has 2 aromatic heterocycles. The molecule has 0 radical (unpaired) electrons. The maximum Gasteiger partial charge on any atom is 0.257 e. The summed E-state index contributed by atoms with van der Waals surface area (Å²) in [5, 5.41) is 2.86. The number of nitrogens with zero attached hydrogens (tertiary/aromatic N) is 3. The predicted octanol–water partition coefficient (Wildman–Crippen LogP) is 2.82. The van der Waals surface area contributed by atoms with Gasteiger partial charge in [0.25, 0.3) is 5.91 Å². The van der Waals surface area contributed by atoms with Crippen molar-refractivity contribution in [1.29, 1.82) is 0 Å². The molecule has 0 aliphatic heterocycles. The number of carbonyl (C=O) groups is 1. The van der Waals surface area contributed by atoms with E-state index in [-0.39, 0.29) is 16.9 Å². The molecule has 1 aromatic carbocycles. The molecule has 0 saturated carbocycles. The van der Waals surface area contributed by atoms with Crippen LogP contribution in [0, 0.1) is 0 Å². The summed E-state index contributed by atoms with van der Waals surface area (Å²) in [6.07, 6.45) is 1.52. The fourth-order valence-electron chi connectivity index (χ4n) is 2.88. The highest BCUT2D eigenvalue weighted by molar-refractivity contribution is 6.04. The Kier molecular flexibility index (Phi) is 3.99. The average molecular weight is 338 g/mol. The molecule has 1 N–H and O–H groups in total. The number of amides is 1. The highest BCUT2D eigenvalue weighted by Crippen LogP contribution is 2.27. The van der Waals surface area contributed by atoms with Crippen LogP contribution in [0.2, 0.25) is 0 Å². The number of benzene rings is 1. The predicted molar refractivity (Wildman–Crippen MR) is 99.1 cm³/mol. The van der Waals surface area contributed by atoms with Crippen LogP contribution < -0.4 is 10.9 Å². The number of pyridine rings is 1. The van der Waals surface area contributed by atoms with Gasteiger partial charge >= 0.3 is 0 Å². The lowest BCUT2D eigenvalue weighted by molar-refractivity contribution is 0.102. The molecule has 0 unspecified atom stereocenters.